The first-order valence-corrected chi connectivity index (χ1v) is 15.0. The van der Waals surface area contributed by atoms with Crippen LogP contribution in [0.15, 0.2) is 47.5 Å². The molecule has 0 spiro atoms. The number of hydrogen-bond donors (Lipinski definition) is 0. The molecule has 2 fully saturated rings. The van der Waals surface area contributed by atoms with E-state index in [4.69, 9.17) is 24.4 Å². The van der Waals surface area contributed by atoms with E-state index >= 15 is 0 Å². The summed E-state index contributed by atoms with van der Waals surface area (Å²) in [5.74, 6) is -1.53. The number of rotatable bonds is 6. The molecule has 10 heteroatoms. The molecule has 2 aromatic rings. The summed E-state index contributed by atoms with van der Waals surface area (Å²) in [6.07, 6.45) is 3.29. The van der Waals surface area contributed by atoms with Gasteiger partial charge in [0.25, 0.3) is 23.6 Å². The van der Waals surface area contributed by atoms with Gasteiger partial charge in [0.2, 0.25) is 0 Å². The van der Waals surface area contributed by atoms with Crippen molar-refractivity contribution in [1.82, 2.24) is 19.6 Å². The lowest BCUT2D eigenvalue weighted by Crippen LogP contribution is -2.55. The standard InChI is InChI=1S/C32H32N4O4S2/c1-6-33-27(37)25(28(38)34(7-2)31(33)41)16-19-10-12-21-22-13-11-20(15-24(22)18(5)23(21)14-19)17-26-29(39)35(8-3)32(42)36(9-4)30(26)40/h10-18H,6-9H2,1-5H3. The second-order valence-electron chi connectivity index (χ2n) is 10.3. The summed E-state index contributed by atoms with van der Waals surface area (Å²) in [5.41, 5.74) is 5.95. The highest BCUT2D eigenvalue weighted by Crippen LogP contribution is 2.45. The van der Waals surface area contributed by atoms with Crippen LogP contribution in [0.3, 0.4) is 0 Å². The van der Waals surface area contributed by atoms with Crippen LogP contribution in [-0.4, -0.2) is 79.6 Å². The first-order chi connectivity index (χ1) is 20.1. The summed E-state index contributed by atoms with van der Waals surface area (Å²) in [7, 11) is 0. The van der Waals surface area contributed by atoms with Crippen molar-refractivity contribution in [3.05, 3.63) is 69.8 Å². The molecule has 0 saturated carbocycles. The van der Waals surface area contributed by atoms with Crippen LogP contribution in [0.5, 0.6) is 0 Å². The van der Waals surface area contributed by atoms with Gasteiger partial charge in [-0.1, -0.05) is 43.3 Å². The summed E-state index contributed by atoms with van der Waals surface area (Å²) >= 11 is 10.7. The molecule has 2 aliphatic heterocycles. The van der Waals surface area contributed by atoms with E-state index in [1.807, 2.05) is 64.1 Å². The lowest BCUT2D eigenvalue weighted by molar-refractivity contribution is -0.135. The molecule has 0 radical (unpaired) electrons. The molecule has 0 atom stereocenters. The number of amides is 4. The Morgan fingerprint density at radius 2 is 0.905 bits per heavy atom. The maximum atomic E-state index is 13.1. The monoisotopic (exact) mass is 600 g/mol. The Morgan fingerprint density at radius 3 is 1.19 bits per heavy atom. The van der Waals surface area contributed by atoms with Gasteiger partial charge >= 0.3 is 0 Å². The van der Waals surface area contributed by atoms with E-state index in [-0.39, 0.29) is 50.9 Å². The van der Waals surface area contributed by atoms with Crippen molar-refractivity contribution in [2.45, 2.75) is 40.5 Å². The lowest BCUT2D eigenvalue weighted by Gasteiger charge is -2.35. The Labute approximate surface area is 256 Å². The fourth-order valence-corrected chi connectivity index (χ4v) is 6.66. The quantitative estimate of drug-likeness (QED) is 0.275. The fraction of sp³-hybridized carbons (Fsp3) is 0.312. The summed E-state index contributed by atoms with van der Waals surface area (Å²) in [4.78, 5) is 58.3. The van der Waals surface area contributed by atoms with E-state index in [2.05, 4.69) is 6.92 Å². The Hall–Kier alpha value is -4.02. The van der Waals surface area contributed by atoms with Crippen LogP contribution in [0.2, 0.25) is 0 Å². The first-order valence-electron chi connectivity index (χ1n) is 14.1. The number of hydrogen-bond acceptors (Lipinski definition) is 6. The maximum absolute atomic E-state index is 13.1. The van der Waals surface area contributed by atoms with Gasteiger partial charge in [-0.2, -0.15) is 0 Å². The molecular formula is C32H32N4O4S2. The van der Waals surface area contributed by atoms with Gasteiger partial charge in [-0.3, -0.25) is 38.8 Å². The number of carbonyl (C=O) groups is 4. The van der Waals surface area contributed by atoms with E-state index in [0.717, 1.165) is 33.4 Å². The van der Waals surface area contributed by atoms with Gasteiger partial charge in [0.15, 0.2) is 10.2 Å². The van der Waals surface area contributed by atoms with Gasteiger partial charge in [0.05, 0.1) is 0 Å². The van der Waals surface area contributed by atoms with Gasteiger partial charge in [-0.15, -0.1) is 0 Å². The van der Waals surface area contributed by atoms with E-state index in [0.29, 0.717) is 26.2 Å². The SMILES string of the molecule is CCN1C(=O)C(=Cc2ccc3c(c2)C(C)c2cc(C=C4C(=O)N(CC)C(=S)N(CC)C4=O)ccc2-3)C(=O)N(CC)C1=S. The number of thiocarbonyl (C=S) groups is 2. The van der Waals surface area contributed by atoms with Gasteiger partial charge < -0.3 is 0 Å². The highest BCUT2D eigenvalue weighted by molar-refractivity contribution is 7.80. The van der Waals surface area contributed by atoms with Crippen LogP contribution in [0.4, 0.5) is 0 Å². The topological polar surface area (TPSA) is 81.2 Å². The van der Waals surface area contributed by atoms with Crippen molar-refractivity contribution in [2.75, 3.05) is 26.2 Å². The smallest absolute Gasteiger partial charge is 0.265 e. The predicted octanol–water partition coefficient (Wildman–Crippen LogP) is 4.58. The van der Waals surface area contributed by atoms with E-state index in [1.54, 1.807) is 12.2 Å². The van der Waals surface area contributed by atoms with Crippen LogP contribution in [0.1, 0.15) is 62.8 Å². The zero-order valence-electron chi connectivity index (χ0n) is 24.3. The molecule has 0 bridgehead atoms. The molecule has 42 heavy (non-hydrogen) atoms. The number of fused-ring (bicyclic) bond motifs is 3. The maximum Gasteiger partial charge on any atom is 0.265 e. The second-order valence-corrected chi connectivity index (χ2v) is 11.0. The Bertz CT molecular complexity index is 1470. The van der Waals surface area contributed by atoms with Crippen molar-refractivity contribution >= 4 is 70.4 Å². The number of carbonyl (C=O) groups excluding carboxylic acids is 4. The third-order valence-electron chi connectivity index (χ3n) is 8.09. The van der Waals surface area contributed by atoms with Crippen molar-refractivity contribution < 1.29 is 19.2 Å². The molecule has 2 heterocycles. The summed E-state index contributed by atoms with van der Waals surface area (Å²) in [6.45, 7) is 10.9. The summed E-state index contributed by atoms with van der Waals surface area (Å²) < 4.78 is 0. The zero-order valence-corrected chi connectivity index (χ0v) is 25.9. The molecule has 5 rings (SSSR count). The molecule has 2 aromatic carbocycles. The van der Waals surface area contributed by atoms with Crippen LogP contribution < -0.4 is 0 Å². The van der Waals surface area contributed by atoms with Crippen molar-refractivity contribution in [3.8, 4) is 11.1 Å². The minimum Gasteiger partial charge on any atom is -0.285 e. The highest BCUT2D eigenvalue weighted by Gasteiger charge is 2.39. The fourth-order valence-electron chi connectivity index (χ4n) is 5.82. The van der Waals surface area contributed by atoms with E-state index in [1.165, 1.54) is 19.6 Å². The molecule has 2 saturated heterocycles. The highest BCUT2D eigenvalue weighted by atomic mass is 32.1. The lowest BCUT2D eigenvalue weighted by atomic mass is 9.95. The van der Waals surface area contributed by atoms with Crippen molar-refractivity contribution in [1.29, 1.82) is 0 Å². The van der Waals surface area contributed by atoms with Gasteiger partial charge in [-0.05, 0) is 97.7 Å². The number of benzene rings is 2. The molecule has 0 unspecified atom stereocenters. The predicted molar refractivity (Wildman–Crippen MR) is 170 cm³/mol. The molecular weight excluding hydrogens is 569 g/mol. The molecule has 0 aromatic heterocycles. The first kappa shape index (κ1) is 29.5. The third-order valence-corrected chi connectivity index (χ3v) is 8.97. The Morgan fingerprint density at radius 1 is 0.595 bits per heavy atom. The molecule has 3 aliphatic rings. The third kappa shape index (κ3) is 4.59. The second kappa shape index (κ2) is 11.3. The largest absolute Gasteiger partial charge is 0.285 e. The van der Waals surface area contributed by atoms with Gasteiger partial charge in [0.1, 0.15) is 11.1 Å². The van der Waals surface area contributed by atoms with Crippen LogP contribution in [0.25, 0.3) is 23.3 Å². The Balaban J connectivity index is 1.49. The van der Waals surface area contributed by atoms with E-state index < -0.39 is 0 Å². The summed E-state index contributed by atoms with van der Waals surface area (Å²) in [5, 5.41) is 0.472. The minimum absolute atomic E-state index is 0.0148. The minimum atomic E-state index is -0.387. The molecule has 0 N–H and O–H groups in total. The van der Waals surface area contributed by atoms with Crippen molar-refractivity contribution in [3.63, 3.8) is 0 Å². The molecule has 1 aliphatic carbocycles. The average molecular weight is 601 g/mol. The average Bonchev–Trinajstić information content (AvgIpc) is 3.25. The molecule has 8 nitrogen and oxygen atoms in total. The number of likely N-dealkylation sites (N-methyl/N-ethyl adjacent to an activating group) is 4. The Kier molecular flexibility index (Phi) is 7.96. The molecule has 216 valence electrons. The van der Waals surface area contributed by atoms with Crippen LogP contribution >= 0.6 is 24.4 Å². The van der Waals surface area contributed by atoms with Crippen molar-refractivity contribution in [2.24, 2.45) is 0 Å². The van der Waals surface area contributed by atoms with Gasteiger partial charge in [0, 0.05) is 32.1 Å². The van der Waals surface area contributed by atoms with Gasteiger partial charge in [-0.25, -0.2) is 0 Å². The van der Waals surface area contributed by atoms with E-state index in [9.17, 15) is 19.2 Å². The zero-order chi connectivity index (χ0) is 30.5. The van der Waals surface area contributed by atoms with Crippen LogP contribution in [-0.2, 0) is 19.2 Å². The summed E-state index contributed by atoms with van der Waals surface area (Å²) in [6, 6.07) is 11.9. The number of nitrogens with zero attached hydrogens (tertiary/aromatic N) is 4. The molecule has 4 amide bonds. The normalized spacial score (nSPS) is 17.5. The van der Waals surface area contributed by atoms with Crippen LogP contribution in [0, 0.1) is 0 Å².